The van der Waals surface area contributed by atoms with E-state index >= 15 is 0 Å². The standard InChI is InChI=1S/C12H17BrN2O2/c13-7-12(3-4-12)8-14-6-10(16)15-5-1-2-9(15)11(14)17/h9H,1-8H2. The molecule has 0 spiro atoms. The number of fused-ring (bicyclic) bond motifs is 1. The van der Waals surface area contributed by atoms with Crippen LogP contribution >= 0.6 is 15.9 Å². The van der Waals surface area contributed by atoms with Crippen molar-refractivity contribution < 1.29 is 9.59 Å². The Hall–Kier alpha value is -0.580. The second kappa shape index (κ2) is 3.97. The Kier molecular flexibility index (Phi) is 2.69. The molecule has 3 rings (SSSR count). The second-order valence-electron chi connectivity index (χ2n) is 5.57. The van der Waals surface area contributed by atoms with Crippen molar-refractivity contribution in [3.63, 3.8) is 0 Å². The van der Waals surface area contributed by atoms with Crippen LogP contribution < -0.4 is 0 Å². The first-order valence-electron chi connectivity index (χ1n) is 6.29. The first kappa shape index (κ1) is 11.5. The van der Waals surface area contributed by atoms with Gasteiger partial charge in [-0.25, -0.2) is 0 Å². The van der Waals surface area contributed by atoms with Crippen LogP contribution in [0.15, 0.2) is 0 Å². The van der Waals surface area contributed by atoms with E-state index in [2.05, 4.69) is 15.9 Å². The fourth-order valence-corrected chi connectivity index (χ4v) is 3.65. The van der Waals surface area contributed by atoms with Crippen molar-refractivity contribution in [2.45, 2.75) is 31.7 Å². The summed E-state index contributed by atoms with van der Waals surface area (Å²) in [4.78, 5) is 27.8. The lowest BCUT2D eigenvalue weighted by molar-refractivity contribution is -0.154. The summed E-state index contributed by atoms with van der Waals surface area (Å²) in [6.07, 6.45) is 4.16. The predicted octanol–water partition coefficient (Wildman–Crippen LogP) is 0.995. The zero-order valence-corrected chi connectivity index (χ0v) is 11.4. The molecular formula is C12H17BrN2O2. The number of rotatable bonds is 3. The molecule has 2 heterocycles. The van der Waals surface area contributed by atoms with Crippen LogP contribution in [-0.2, 0) is 9.59 Å². The van der Waals surface area contributed by atoms with E-state index in [-0.39, 0.29) is 23.3 Å². The average Bonchev–Trinajstić information content (AvgIpc) is 2.91. The molecule has 0 aromatic carbocycles. The number of carbonyl (C=O) groups is 2. The fourth-order valence-electron chi connectivity index (χ4n) is 2.91. The van der Waals surface area contributed by atoms with E-state index in [1.54, 1.807) is 9.80 Å². The molecular weight excluding hydrogens is 284 g/mol. The summed E-state index contributed by atoms with van der Waals surface area (Å²) in [5.41, 5.74) is 0.261. The maximum absolute atomic E-state index is 12.3. The number of hydrogen-bond acceptors (Lipinski definition) is 2. The third kappa shape index (κ3) is 1.88. The third-order valence-electron chi connectivity index (χ3n) is 4.26. The van der Waals surface area contributed by atoms with Gasteiger partial charge in [-0.2, -0.15) is 0 Å². The molecule has 0 N–H and O–H groups in total. The summed E-state index contributed by atoms with van der Waals surface area (Å²) in [5, 5.41) is 0.937. The highest BCUT2D eigenvalue weighted by Crippen LogP contribution is 2.48. The lowest BCUT2D eigenvalue weighted by Crippen LogP contribution is -2.58. The molecule has 1 atom stereocenters. The maximum atomic E-state index is 12.3. The van der Waals surface area contributed by atoms with E-state index < -0.39 is 0 Å². The van der Waals surface area contributed by atoms with Crippen molar-refractivity contribution >= 4 is 27.7 Å². The summed E-state index contributed by atoms with van der Waals surface area (Å²) in [6.45, 7) is 1.82. The van der Waals surface area contributed by atoms with Crippen molar-refractivity contribution in [2.75, 3.05) is 25.0 Å². The summed E-state index contributed by atoms with van der Waals surface area (Å²) in [7, 11) is 0. The first-order chi connectivity index (χ1) is 8.15. The molecule has 3 aliphatic rings. The highest BCUT2D eigenvalue weighted by atomic mass is 79.9. The van der Waals surface area contributed by atoms with Gasteiger partial charge in [0.25, 0.3) is 0 Å². The van der Waals surface area contributed by atoms with Crippen LogP contribution in [0.25, 0.3) is 0 Å². The molecule has 1 aliphatic carbocycles. The van der Waals surface area contributed by atoms with Gasteiger partial charge in [-0.1, -0.05) is 15.9 Å². The molecule has 1 saturated carbocycles. The predicted molar refractivity (Wildman–Crippen MR) is 66.8 cm³/mol. The van der Waals surface area contributed by atoms with E-state index in [0.29, 0.717) is 6.54 Å². The highest BCUT2D eigenvalue weighted by Gasteiger charge is 2.48. The van der Waals surface area contributed by atoms with Crippen LogP contribution in [0.2, 0.25) is 0 Å². The van der Waals surface area contributed by atoms with Gasteiger partial charge in [-0.15, -0.1) is 0 Å². The topological polar surface area (TPSA) is 40.6 Å². The van der Waals surface area contributed by atoms with Gasteiger partial charge in [0.05, 0.1) is 6.54 Å². The third-order valence-corrected chi connectivity index (χ3v) is 5.45. The van der Waals surface area contributed by atoms with Gasteiger partial charge in [-0.05, 0) is 31.1 Å². The number of hydrogen-bond donors (Lipinski definition) is 0. The molecule has 4 nitrogen and oxygen atoms in total. The molecule has 0 bridgehead atoms. The van der Waals surface area contributed by atoms with Crippen molar-refractivity contribution in [2.24, 2.45) is 5.41 Å². The quantitative estimate of drug-likeness (QED) is 0.730. The Morgan fingerprint density at radius 1 is 1.35 bits per heavy atom. The van der Waals surface area contributed by atoms with Crippen LogP contribution in [0.3, 0.4) is 0 Å². The van der Waals surface area contributed by atoms with E-state index in [9.17, 15) is 9.59 Å². The van der Waals surface area contributed by atoms with Gasteiger partial charge in [0.15, 0.2) is 0 Å². The molecule has 0 aromatic heterocycles. The average molecular weight is 301 g/mol. The van der Waals surface area contributed by atoms with Crippen molar-refractivity contribution in [1.82, 2.24) is 9.80 Å². The van der Waals surface area contributed by atoms with Crippen LogP contribution in [0.5, 0.6) is 0 Å². The summed E-state index contributed by atoms with van der Waals surface area (Å²) < 4.78 is 0. The van der Waals surface area contributed by atoms with Gasteiger partial charge in [0.1, 0.15) is 6.04 Å². The molecule has 2 aliphatic heterocycles. The SMILES string of the molecule is O=C1C2CCCN2C(=O)CN1CC1(CBr)CC1. The summed E-state index contributed by atoms with van der Waals surface area (Å²) in [6, 6.07) is -0.151. The minimum atomic E-state index is -0.151. The Balaban J connectivity index is 1.73. The zero-order valence-electron chi connectivity index (χ0n) is 9.82. The van der Waals surface area contributed by atoms with Crippen LogP contribution in [0.1, 0.15) is 25.7 Å². The van der Waals surface area contributed by atoms with Gasteiger partial charge in [-0.3, -0.25) is 9.59 Å². The number of amides is 2. The fraction of sp³-hybridized carbons (Fsp3) is 0.833. The van der Waals surface area contributed by atoms with E-state index in [1.165, 1.54) is 12.8 Å². The second-order valence-corrected chi connectivity index (χ2v) is 6.13. The Morgan fingerprint density at radius 2 is 2.12 bits per heavy atom. The van der Waals surface area contributed by atoms with Crippen LogP contribution in [0.4, 0.5) is 0 Å². The number of piperazine rings is 1. The lowest BCUT2D eigenvalue weighted by atomic mass is 10.1. The molecule has 17 heavy (non-hydrogen) atoms. The number of alkyl halides is 1. The van der Waals surface area contributed by atoms with Gasteiger partial charge < -0.3 is 9.80 Å². The Labute approximate surface area is 109 Å². The molecule has 5 heteroatoms. The molecule has 2 amide bonds. The van der Waals surface area contributed by atoms with Gasteiger partial charge in [0.2, 0.25) is 11.8 Å². The van der Waals surface area contributed by atoms with Crippen LogP contribution in [0, 0.1) is 5.41 Å². The van der Waals surface area contributed by atoms with E-state index in [0.717, 1.165) is 31.3 Å². The van der Waals surface area contributed by atoms with Crippen molar-refractivity contribution in [3.05, 3.63) is 0 Å². The number of halogens is 1. The molecule has 2 saturated heterocycles. The number of nitrogens with zero attached hydrogens (tertiary/aromatic N) is 2. The van der Waals surface area contributed by atoms with Crippen molar-refractivity contribution in [3.8, 4) is 0 Å². The smallest absolute Gasteiger partial charge is 0.245 e. The minimum Gasteiger partial charge on any atom is -0.331 e. The summed E-state index contributed by atoms with van der Waals surface area (Å²) >= 11 is 3.52. The molecule has 94 valence electrons. The Bertz CT molecular complexity index is 368. The lowest BCUT2D eigenvalue weighted by Gasteiger charge is -2.37. The van der Waals surface area contributed by atoms with Gasteiger partial charge in [0, 0.05) is 18.4 Å². The molecule has 0 radical (unpaired) electrons. The minimum absolute atomic E-state index is 0.137. The zero-order chi connectivity index (χ0) is 12.0. The van der Waals surface area contributed by atoms with Crippen LogP contribution in [-0.4, -0.2) is 52.6 Å². The van der Waals surface area contributed by atoms with E-state index in [1.807, 2.05) is 0 Å². The maximum Gasteiger partial charge on any atom is 0.245 e. The van der Waals surface area contributed by atoms with Crippen molar-refractivity contribution in [1.29, 1.82) is 0 Å². The normalized spacial score (nSPS) is 30.8. The molecule has 3 fully saturated rings. The monoisotopic (exact) mass is 300 g/mol. The van der Waals surface area contributed by atoms with E-state index in [4.69, 9.17) is 0 Å². The Morgan fingerprint density at radius 3 is 2.76 bits per heavy atom. The number of carbonyl (C=O) groups excluding carboxylic acids is 2. The molecule has 1 unspecified atom stereocenters. The summed E-state index contributed by atoms with van der Waals surface area (Å²) in [5.74, 6) is 0.312. The molecule has 0 aromatic rings. The highest BCUT2D eigenvalue weighted by molar-refractivity contribution is 9.09. The largest absolute Gasteiger partial charge is 0.331 e. The van der Waals surface area contributed by atoms with Gasteiger partial charge >= 0.3 is 0 Å². The first-order valence-corrected chi connectivity index (χ1v) is 7.42.